The van der Waals surface area contributed by atoms with E-state index in [2.05, 4.69) is 10.3 Å². The summed E-state index contributed by atoms with van der Waals surface area (Å²) in [6.07, 6.45) is 1.12. The summed E-state index contributed by atoms with van der Waals surface area (Å²) in [5, 5.41) is 14.5. The summed E-state index contributed by atoms with van der Waals surface area (Å²) in [7, 11) is 0. The number of carboxylic acid groups (broad SMARTS) is 1. The van der Waals surface area contributed by atoms with Crippen molar-refractivity contribution < 1.29 is 19.4 Å². The molecule has 0 saturated heterocycles. The van der Waals surface area contributed by atoms with Crippen molar-refractivity contribution in [2.45, 2.75) is 18.4 Å². The van der Waals surface area contributed by atoms with Gasteiger partial charge < -0.3 is 19.6 Å². The van der Waals surface area contributed by atoms with Crippen molar-refractivity contribution in [2.24, 2.45) is 0 Å². The Balaban J connectivity index is 1.64. The summed E-state index contributed by atoms with van der Waals surface area (Å²) >= 11 is 0. The van der Waals surface area contributed by atoms with Gasteiger partial charge >= 0.3 is 5.97 Å². The minimum Gasteiger partial charge on any atom is -0.480 e. The van der Waals surface area contributed by atoms with E-state index in [1.165, 1.54) is 0 Å². The molecule has 3 aromatic rings. The van der Waals surface area contributed by atoms with E-state index in [-0.39, 0.29) is 6.79 Å². The van der Waals surface area contributed by atoms with Gasteiger partial charge in [0.15, 0.2) is 17.0 Å². The summed E-state index contributed by atoms with van der Waals surface area (Å²) in [6.45, 7) is 0.818. The van der Waals surface area contributed by atoms with Crippen LogP contribution < -0.4 is 14.8 Å². The molecule has 0 amide bonds. The van der Waals surface area contributed by atoms with Crippen LogP contribution in [0.25, 0.3) is 10.9 Å². The second-order valence-corrected chi connectivity index (χ2v) is 6.78. The van der Waals surface area contributed by atoms with Gasteiger partial charge in [0, 0.05) is 23.9 Å². The first kappa shape index (κ1) is 15.3. The lowest BCUT2D eigenvalue weighted by Gasteiger charge is -2.35. The average Bonchev–Trinajstić information content (AvgIpc) is 3.26. The average molecular weight is 350 g/mol. The van der Waals surface area contributed by atoms with Gasteiger partial charge in [0.1, 0.15) is 0 Å². The Bertz CT molecular complexity index is 1030. The lowest BCUT2D eigenvalue weighted by Crippen LogP contribution is -2.54. The molecule has 3 N–H and O–H groups in total. The van der Waals surface area contributed by atoms with Crippen LogP contribution in [-0.2, 0) is 23.2 Å². The maximum absolute atomic E-state index is 12.4. The van der Waals surface area contributed by atoms with Gasteiger partial charge in [-0.1, -0.05) is 24.3 Å². The smallest absolute Gasteiger partial charge is 0.330 e. The summed E-state index contributed by atoms with van der Waals surface area (Å²) in [5.41, 5.74) is 2.49. The first-order chi connectivity index (χ1) is 12.7. The molecule has 0 spiro atoms. The third-order valence-electron chi connectivity index (χ3n) is 5.31. The Labute approximate surface area is 149 Å². The number of aliphatic carboxylic acids is 1. The van der Waals surface area contributed by atoms with Crippen molar-refractivity contribution in [1.82, 2.24) is 10.3 Å². The number of nitrogens with one attached hydrogen (secondary N) is 2. The molecule has 1 atom stereocenters. The number of aromatic nitrogens is 1. The molecule has 2 aliphatic heterocycles. The summed E-state index contributed by atoms with van der Waals surface area (Å²) in [5.74, 6) is 0.472. The molecule has 26 heavy (non-hydrogen) atoms. The summed E-state index contributed by atoms with van der Waals surface area (Å²) in [4.78, 5) is 15.8. The van der Waals surface area contributed by atoms with Crippen molar-refractivity contribution in [3.05, 3.63) is 59.3 Å². The lowest BCUT2D eigenvalue weighted by molar-refractivity contribution is -0.145. The number of benzene rings is 2. The monoisotopic (exact) mass is 350 g/mol. The van der Waals surface area contributed by atoms with Crippen LogP contribution in [0.2, 0.25) is 0 Å². The fourth-order valence-corrected chi connectivity index (χ4v) is 4.08. The largest absolute Gasteiger partial charge is 0.480 e. The van der Waals surface area contributed by atoms with Gasteiger partial charge in [-0.2, -0.15) is 0 Å². The minimum absolute atomic E-state index is 0.202. The van der Waals surface area contributed by atoms with E-state index in [1.54, 1.807) is 0 Å². The molecule has 2 aliphatic rings. The van der Waals surface area contributed by atoms with E-state index in [0.717, 1.165) is 34.1 Å². The highest BCUT2D eigenvalue weighted by Crippen LogP contribution is 2.38. The molecule has 1 aromatic heterocycles. The van der Waals surface area contributed by atoms with Crippen LogP contribution >= 0.6 is 0 Å². The molecule has 0 fully saturated rings. The number of para-hydroxylation sites is 1. The zero-order valence-corrected chi connectivity index (χ0v) is 14.0. The standard InChI is InChI=1S/C20H18N2O4/c23-19(24)20(10-12-5-6-16-17(9-12)26-11-25-16)18-14(7-8-21-20)13-3-1-2-4-15(13)22-18/h1-6,9,21-22H,7-8,10-11H2,(H,23,24). The number of H-pyrrole nitrogens is 1. The second kappa shape index (κ2) is 5.51. The molecule has 0 bridgehead atoms. The molecule has 0 radical (unpaired) electrons. The lowest BCUT2D eigenvalue weighted by atomic mass is 9.82. The van der Waals surface area contributed by atoms with Crippen LogP contribution in [0, 0.1) is 0 Å². The number of ether oxygens (including phenoxy) is 2. The maximum Gasteiger partial charge on any atom is 0.330 e. The molecule has 0 saturated carbocycles. The third kappa shape index (κ3) is 2.12. The van der Waals surface area contributed by atoms with Gasteiger partial charge in [-0.15, -0.1) is 0 Å². The van der Waals surface area contributed by atoms with Gasteiger partial charge in [-0.3, -0.25) is 5.32 Å². The second-order valence-electron chi connectivity index (χ2n) is 6.78. The Morgan fingerprint density at radius 1 is 1.15 bits per heavy atom. The Hall–Kier alpha value is -2.99. The maximum atomic E-state index is 12.4. The first-order valence-corrected chi connectivity index (χ1v) is 8.64. The molecule has 0 aliphatic carbocycles. The highest BCUT2D eigenvalue weighted by Gasteiger charge is 2.45. The van der Waals surface area contributed by atoms with Crippen molar-refractivity contribution in [3.63, 3.8) is 0 Å². The van der Waals surface area contributed by atoms with E-state index in [9.17, 15) is 9.90 Å². The van der Waals surface area contributed by atoms with Crippen molar-refractivity contribution in [2.75, 3.05) is 13.3 Å². The number of rotatable bonds is 3. The van der Waals surface area contributed by atoms with Gasteiger partial charge in [-0.25, -0.2) is 4.79 Å². The highest BCUT2D eigenvalue weighted by molar-refractivity contribution is 5.90. The molecular weight excluding hydrogens is 332 g/mol. The quantitative estimate of drug-likeness (QED) is 0.676. The van der Waals surface area contributed by atoms with E-state index in [1.807, 2.05) is 42.5 Å². The SMILES string of the molecule is O=C(O)C1(Cc2ccc3c(c2)OCO3)NCCc2c1[nH]c1ccccc21. The molecule has 132 valence electrons. The topological polar surface area (TPSA) is 83.6 Å². The summed E-state index contributed by atoms with van der Waals surface area (Å²) in [6, 6.07) is 13.6. The number of hydrogen-bond donors (Lipinski definition) is 3. The van der Waals surface area contributed by atoms with E-state index >= 15 is 0 Å². The molecule has 2 aromatic carbocycles. The number of hydrogen-bond acceptors (Lipinski definition) is 4. The number of aromatic amines is 1. The van der Waals surface area contributed by atoms with Crippen LogP contribution in [0.4, 0.5) is 0 Å². The zero-order chi connectivity index (χ0) is 17.7. The number of fused-ring (bicyclic) bond motifs is 4. The molecule has 6 nitrogen and oxygen atoms in total. The first-order valence-electron chi connectivity index (χ1n) is 8.64. The van der Waals surface area contributed by atoms with Crippen molar-refractivity contribution in [3.8, 4) is 11.5 Å². The molecule has 3 heterocycles. The van der Waals surface area contributed by atoms with Gasteiger partial charge in [-0.05, 0) is 35.7 Å². The van der Waals surface area contributed by atoms with Crippen LogP contribution in [0.1, 0.15) is 16.8 Å². The molecule has 1 unspecified atom stereocenters. The van der Waals surface area contributed by atoms with Crippen LogP contribution in [0.5, 0.6) is 11.5 Å². The summed E-state index contributed by atoms with van der Waals surface area (Å²) < 4.78 is 10.8. The van der Waals surface area contributed by atoms with Gasteiger partial charge in [0.2, 0.25) is 6.79 Å². The van der Waals surface area contributed by atoms with Crippen molar-refractivity contribution in [1.29, 1.82) is 0 Å². The molecular formula is C20H18N2O4. The highest BCUT2D eigenvalue weighted by atomic mass is 16.7. The van der Waals surface area contributed by atoms with E-state index < -0.39 is 11.5 Å². The Morgan fingerprint density at radius 2 is 2.00 bits per heavy atom. The van der Waals surface area contributed by atoms with Gasteiger partial charge in [0.05, 0.1) is 5.69 Å². The predicted octanol–water partition coefficient (Wildman–Crippen LogP) is 2.56. The van der Waals surface area contributed by atoms with E-state index in [4.69, 9.17) is 9.47 Å². The number of carbonyl (C=O) groups is 1. The van der Waals surface area contributed by atoms with Crippen LogP contribution in [0.15, 0.2) is 42.5 Å². The fraction of sp³-hybridized carbons (Fsp3) is 0.250. The third-order valence-corrected chi connectivity index (χ3v) is 5.31. The van der Waals surface area contributed by atoms with Crippen molar-refractivity contribution >= 4 is 16.9 Å². The normalized spacial score (nSPS) is 20.9. The van der Waals surface area contributed by atoms with Crippen LogP contribution in [0.3, 0.4) is 0 Å². The number of carboxylic acids is 1. The van der Waals surface area contributed by atoms with E-state index in [0.29, 0.717) is 24.5 Å². The minimum atomic E-state index is -1.19. The molecule has 6 heteroatoms. The predicted molar refractivity (Wildman–Crippen MR) is 95.6 cm³/mol. The molecule has 5 rings (SSSR count). The van der Waals surface area contributed by atoms with Crippen LogP contribution in [-0.4, -0.2) is 29.4 Å². The fourth-order valence-electron chi connectivity index (χ4n) is 4.08. The Morgan fingerprint density at radius 3 is 2.88 bits per heavy atom. The van der Waals surface area contributed by atoms with Gasteiger partial charge in [0.25, 0.3) is 0 Å². The Kier molecular flexibility index (Phi) is 3.24. The zero-order valence-electron chi connectivity index (χ0n) is 14.0.